The van der Waals surface area contributed by atoms with Crippen molar-refractivity contribution >= 4 is 5.91 Å². The van der Waals surface area contributed by atoms with Gasteiger partial charge < -0.3 is 5.73 Å². The van der Waals surface area contributed by atoms with Gasteiger partial charge in [0.2, 0.25) is 5.91 Å². The molecule has 0 radical (unpaired) electrons. The normalized spacial score (nSPS) is 12.9. The van der Waals surface area contributed by atoms with Crippen molar-refractivity contribution in [2.24, 2.45) is 5.73 Å². The summed E-state index contributed by atoms with van der Waals surface area (Å²) in [5.74, 6) is -0.471. The molecule has 0 saturated heterocycles. The van der Waals surface area contributed by atoms with Crippen LogP contribution in [0.1, 0.15) is 35.7 Å². The number of carbonyl (C=O) groups is 1. The minimum absolute atomic E-state index is 0.104. The van der Waals surface area contributed by atoms with Crippen molar-refractivity contribution in [3.8, 4) is 11.8 Å². The van der Waals surface area contributed by atoms with Gasteiger partial charge in [-0.15, -0.1) is 0 Å². The molecule has 3 aromatic rings. The van der Waals surface area contributed by atoms with E-state index in [1.54, 1.807) is 35.3 Å². The van der Waals surface area contributed by atoms with Crippen molar-refractivity contribution in [3.63, 3.8) is 0 Å². The van der Waals surface area contributed by atoms with Crippen molar-refractivity contribution < 1.29 is 4.79 Å². The molecule has 0 fully saturated rings. The van der Waals surface area contributed by atoms with Crippen LogP contribution in [0, 0.1) is 11.3 Å². The molecule has 3 N–H and O–H groups in total. The van der Waals surface area contributed by atoms with Crippen LogP contribution in [0.4, 0.5) is 0 Å². The molecule has 3 rings (SSSR count). The molecule has 2 aromatic carbocycles. The molecule has 2 atom stereocenters. The lowest BCUT2D eigenvalue weighted by atomic mass is 10.0. The number of rotatable bonds is 6. The van der Waals surface area contributed by atoms with E-state index >= 15 is 0 Å². The standard InChI is InChI=1S/C19H18N6O/c1-13(15-6-8-17(9-7-15)25-12-22-11-23-25)24-18(19(21)26)16-4-2-14(10-20)3-5-16/h2-9,11-13,18,24H,1H3,(H2,21,26)/t13-,18+/m0/s1. The zero-order valence-corrected chi connectivity index (χ0v) is 14.2. The van der Waals surface area contributed by atoms with Crippen molar-refractivity contribution in [1.82, 2.24) is 20.1 Å². The van der Waals surface area contributed by atoms with E-state index in [1.165, 1.54) is 6.33 Å². The molecule has 7 heteroatoms. The number of nitrogens with zero attached hydrogens (tertiary/aromatic N) is 4. The van der Waals surface area contributed by atoms with Gasteiger partial charge in [0, 0.05) is 6.04 Å². The maximum atomic E-state index is 11.9. The first-order valence-corrected chi connectivity index (χ1v) is 8.09. The number of hydrogen-bond donors (Lipinski definition) is 2. The summed E-state index contributed by atoms with van der Waals surface area (Å²) in [7, 11) is 0. The van der Waals surface area contributed by atoms with Crippen LogP contribution in [0.15, 0.2) is 61.2 Å². The quantitative estimate of drug-likeness (QED) is 0.709. The maximum absolute atomic E-state index is 11.9. The first-order valence-electron chi connectivity index (χ1n) is 8.09. The Hall–Kier alpha value is -3.50. The fourth-order valence-corrected chi connectivity index (χ4v) is 2.70. The lowest BCUT2D eigenvalue weighted by Gasteiger charge is -2.22. The fourth-order valence-electron chi connectivity index (χ4n) is 2.70. The van der Waals surface area contributed by atoms with Gasteiger partial charge in [-0.1, -0.05) is 24.3 Å². The molecule has 7 nitrogen and oxygen atoms in total. The van der Waals surface area contributed by atoms with Crippen molar-refractivity contribution in [2.45, 2.75) is 19.0 Å². The van der Waals surface area contributed by atoms with Crippen LogP contribution in [-0.4, -0.2) is 20.7 Å². The van der Waals surface area contributed by atoms with Gasteiger partial charge in [0.05, 0.1) is 17.3 Å². The Labute approximate surface area is 151 Å². The first-order chi connectivity index (χ1) is 12.6. The van der Waals surface area contributed by atoms with E-state index in [1.807, 2.05) is 31.2 Å². The monoisotopic (exact) mass is 346 g/mol. The van der Waals surface area contributed by atoms with Crippen LogP contribution in [0.5, 0.6) is 0 Å². The highest BCUT2D eigenvalue weighted by molar-refractivity contribution is 5.81. The minimum Gasteiger partial charge on any atom is -0.368 e. The van der Waals surface area contributed by atoms with Crippen LogP contribution >= 0.6 is 0 Å². The molecule has 0 aliphatic carbocycles. The molecular formula is C19H18N6O. The molecular weight excluding hydrogens is 328 g/mol. The number of benzene rings is 2. The third-order valence-corrected chi connectivity index (χ3v) is 4.15. The summed E-state index contributed by atoms with van der Waals surface area (Å²) in [6, 6.07) is 15.9. The molecule has 0 saturated carbocycles. The average Bonchev–Trinajstić information content (AvgIpc) is 3.21. The van der Waals surface area contributed by atoms with Gasteiger partial charge in [-0.3, -0.25) is 10.1 Å². The lowest BCUT2D eigenvalue weighted by molar-refractivity contribution is -0.120. The number of nitrogens with two attached hydrogens (primary N) is 1. The lowest BCUT2D eigenvalue weighted by Crippen LogP contribution is -2.35. The zero-order chi connectivity index (χ0) is 18.5. The highest BCUT2D eigenvalue weighted by Gasteiger charge is 2.20. The number of nitrogens with one attached hydrogen (secondary N) is 1. The number of hydrogen-bond acceptors (Lipinski definition) is 5. The number of carbonyl (C=O) groups excluding carboxylic acids is 1. The topological polar surface area (TPSA) is 110 Å². The van der Waals surface area contributed by atoms with Gasteiger partial charge in [0.25, 0.3) is 0 Å². The zero-order valence-electron chi connectivity index (χ0n) is 14.2. The van der Waals surface area contributed by atoms with E-state index in [4.69, 9.17) is 11.0 Å². The van der Waals surface area contributed by atoms with E-state index in [9.17, 15) is 4.79 Å². The smallest absolute Gasteiger partial charge is 0.239 e. The number of primary amides is 1. The molecule has 0 spiro atoms. The van der Waals surface area contributed by atoms with Crippen LogP contribution in [0.25, 0.3) is 5.69 Å². The molecule has 1 aromatic heterocycles. The Morgan fingerprint density at radius 2 is 1.81 bits per heavy atom. The van der Waals surface area contributed by atoms with E-state index in [-0.39, 0.29) is 6.04 Å². The first kappa shape index (κ1) is 17.3. The largest absolute Gasteiger partial charge is 0.368 e. The van der Waals surface area contributed by atoms with E-state index in [0.717, 1.165) is 16.8 Å². The molecule has 26 heavy (non-hydrogen) atoms. The predicted molar refractivity (Wildman–Crippen MR) is 96.0 cm³/mol. The van der Waals surface area contributed by atoms with E-state index < -0.39 is 11.9 Å². The molecule has 0 aliphatic heterocycles. The van der Waals surface area contributed by atoms with Crippen LogP contribution in [0.2, 0.25) is 0 Å². The van der Waals surface area contributed by atoms with Gasteiger partial charge >= 0.3 is 0 Å². The highest BCUT2D eigenvalue weighted by atomic mass is 16.1. The van der Waals surface area contributed by atoms with Gasteiger partial charge in [-0.25, -0.2) is 9.67 Å². The Balaban J connectivity index is 1.76. The van der Waals surface area contributed by atoms with E-state index in [0.29, 0.717) is 5.56 Å². The molecule has 0 aliphatic rings. The summed E-state index contributed by atoms with van der Waals surface area (Å²) in [4.78, 5) is 15.8. The summed E-state index contributed by atoms with van der Waals surface area (Å²) in [6.07, 6.45) is 3.11. The average molecular weight is 346 g/mol. The second kappa shape index (κ2) is 7.59. The van der Waals surface area contributed by atoms with Crippen LogP contribution in [0.3, 0.4) is 0 Å². The summed E-state index contributed by atoms with van der Waals surface area (Å²) >= 11 is 0. The van der Waals surface area contributed by atoms with Gasteiger partial charge in [-0.2, -0.15) is 10.4 Å². The van der Waals surface area contributed by atoms with Crippen molar-refractivity contribution in [2.75, 3.05) is 0 Å². The molecule has 0 unspecified atom stereocenters. The predicted octanol–water partition coefficient (Wildman–Crippen LogP) is 2.02. The second-order valence-electron chi connectivity index (χ2n) is 5.89. The SMILES string of the molecule is C[C@H](N[C@@H](C(N)=O)c1ccc(C#N)cc1)c1ccc(-n2cncn2)cc1. The Kier molecular flexibility index (Phi) is 5.06. The van der Waals surface area contributed by atoms with Crippen molar-refractivity contribution in [1.29, 1.82) is 5.26 Å². The third kappa shape index (κ3) is 3.77. The van der Waals surface area contributed by atoms with E-state index in [2.05, 4.69) is 21.5 Å². The van der Waals surface area contributed by atoms with Crippen LogP contribution in [-0.2, 0) is 4.79 Å². The van der Waals surface area contributed by atoms with Crippen molar-refractivity contribution in [3.05, 3.63) is 77.9 Å². The Morgan fingerprint density at radius 3 is 2.35 bits per heavy atom. The second-order valence-corrected chi connectivity index (χ2v) is 5.89. The summed E-state index contributed by atoms with van der Waals surface area (Å²) < 4.78 is 1.67. The minimum atomic E-state index is -0.646. The van der Waals surface area contributed by atoms with Gasteiger partial charge in [0.1, 0.15) is 18.7 Å². The molecule has 130 valence electrons. The number of nitriles is 1. The third-order valence-electron chi connectivity index (χ3n) is 4.15. The van der Waals surface area contributed by atoms with Crippen LogP contribution < -0.4 is 11.1 Å². The van der Waals surface area contributed by atoms with Gasteiger partial charge in [0.15, 0.2) is 0 Å². The Bertz CT molecular complexity index is 910. The highest BCUT2D eigenvalue weighted by Crippen LogP contribution is 2.21. The molecule has 0 bridgehead atoms. The number of amides is 1. The maximum Gasteiger partial charge on any atom is 0.239 e. The molecule has 1 amide bonds. The molecule has 1 heterocycles. The summed E-state index contributed by atoms with van der Waals surface area (Å²) in [6.45, 7) is 1.96. The fraction of sp³-hybridized carbons (Fsp3) is 0.158. The Morgan fingerprint density at radius 1 is 1.15 bits per heavy atom. The van der Waals surface area contributed by atoms with Gasteiger partial charge in [-0.05, 0) is 42.3 Å². The summed E-state index contributed by atoms with van der Waals surface area (Å²) in [5.41, 5.74) is 8.74. The number of aromatic nitrogens is 3. The summed E-state index contributed by atoms with van der Waals surface area (Å²) in [5, 5.41) is 16.2.